The lowest BCUT2D eigenvalue weighted by Crippen LogP contribution is -2.41. The number of primary amides is 1. The van der Waals surface area contributed by atoms with Crippen LogP contribution in [0, 0.1) is 0 Å². The second-order valence-electron chi connectivity index (χ2n) is 4.06. The molecule has 18 heavy (non-hydrogen) atoms. The van der Waals surface area contributed by atoms with E-state index in [-0.39, 0.29) is 12.6 Å². The number of nitrogens with zero attached hydrogens (tertiary/aromatic N) is 1. The fourth-order valence-corrected chi connectivity index (χ4v) is 1.66. The van der Waals surface area contributed by atoms with Gasteiger partial charge < -0.3 is 5.73 Å². The third-order valence-corrected chi connectivity index (χ3v) is 2.92. The minimum absolute atomic E-state index is 0.0286. The van der Waals surface area contributed by atoms with Crippen LogP contribution in [0.25, 0.3) is 0 Å². The van der Waals surface area contributed by atoms with Crippen molar-refractivity contribution in [2.75, 3.05) is 13.6 Å². The Bertz CT molecular complexity index is 433. The van der Waals surface area contributed by atoms with Gasteiger partial charge in [-0.1, -0.05) is 23.7 Å². The molecule has 0 bridgehead atoms. The molecule has 0 spiro atoms. The summed E-state index contributed by atoms with van der Waals surface area (Å²) in [6.07, 6.45) is 0. The van der Waals surface area contributed by atoms with E-state index in [1.54, 1.807) is 19.2 Å². The predicted octanol–water partition coefficient (Wildman–Crippen LogP) is 1.53. The van der Waals surface area contributed by atoms with Crippen LogP contribution in [0.5, 0.6) is 0 Å². The number of urea groups is 1. The SMILES string of the molecule is CC(c1ccc(Cl)cc1)N(C)CC(=O)NC(N)=O. The van der Waals surface area contributed by atoms with Crippen LogP contribution < -0.4 is 11.1 Å². The molecule has 1 unspecified atom stereocenters. The van der Waals surface area contributed by atoms with Crippen LogP contribution in [-0.4, -0.2) is 30.4 Å². The van der Waals surface area contributed by atoms with Crippen LogP contribution in [0.1, 0.15) is 18.5 Å². The zero-order valence-corrected chi connectivity index (χ0v) is 11.1. The quantitative estimate of drug-likeness (QED) is 0.870. The number of benzene rings is 1. The van der Waals surface area contributed by atoms with E-state index < -0.39 is 11.9 Å². The molecule has 5 nitrogen and oxygen atoms in total. The second kappa shape index (κ2) is 6.37. The monoisotopic (exact) mass is 269 g/mol. The maximum atomic E-state index is 11.4. The molecule has 1 aromatic rings. The Morgan fingerprint density at radius 1 is 1.39 bits per heavy atom. The van der Waals surface area contributed by atoms with Crippen molar-refractivity contribution in [3.63, 3.8) is 0 Å². The van der Waals surface area contributed by atoms with Crippen molar-refractivity contribution >= 4 is 23.5 Å². The van der Waals surface area contributed by atoms with Gasteiger partial charge in [0.1, 0.15) is 0 Å². The van der Waals surface area contributed by atoms with Crippen molar-refractivity contribution in [3.8, 4) is 0 Å². The molecule has 0 radical (unpaired) electrons. The number of rotatable bonds is 4. The number of imide groups is 1. The van der Waals surface area contributed by atoms with Crippen molar-refractivity contribution in [1.29, 1.82) is 0 Å². The van der Waals surface area contributed by atoms with Crippen LogP contribution in [0.3, 0.4) is 0 Å². The molecule has 98 valence electrons. The summed E-state index contributed by atoms with van der Waals surface area (Å²) < 4.78 is 0. The fraction of sp³-hybridized carbons (Fsp3) is 0.333. The Kier molecular flexibility index (Phi) is 5.12. The topological polar surface area (TPSA) is 75.4 Å². The number of carbonyl (C=O) groups is 2. The van der Waals surface area contributed by atoms with Gasteiger partial charge in [0.2, 0.25) is 5.91 Å². The Balaban J connectivity index is 2.61. The lowest BCUT2D eigenvalue weighted by molar-refractivity contribution is -0.121. The van der Waals surface area contributed by atoms with Gasteiger partial charge in [-0.25, -0.2) is 4.79 Å². The molecule has 6 heteroatoms. The highest BCUT2D eigenvalue weighted by Crippen LogP contribution is 2.20. The molecule has 1 rings (SSSR count). The average molecular weight is 270 g/mol. The third-order valence-electron chi connectivity index (χ3n) is 2.67. The van der Waals surface area contributed by atoms with Crippen LogP contribution in [0.4, 0.5) is 4.79 Å². The van der Waals surface area contributed by atoms with Crippen molar-refractivity contribution in [1.82, 2.24) is 10.2 Å². The van der Waals surface area contributed by atoms with Gasteiger partial charge in [-0.2, -0.15) is 0 Å². The Labute approximate surface area is 111 Å². The molecule has 3 N–H and O–H groups in total. The smallest absolute Gasteiger partial charge is 0.318 e. The van der Waals surface area contributed by atoms with E-state index in [1.165, 1.54) is 0 Å². The molecule has 1 aromatic carbocycles. The maximum absolute atomic E-state index is 11.4. The highest BCUT2D eigenvalue weighted by molar-refractivity contribution is 6.30. The van der Waals surface area contributed by atoms with Crippen LogP contribution in [0.15, 0.2) is 24.3 Å². The van der Waals surface area contributed by atoms with E-state index >= 15 is 0 Å². The fourth-order valence-electron chi connectivity index (χ4n) is 1.54. The molecule has 3 amide bonds. The summed E-state index contributed by atoms with van der Waals surface area (Å²) in [7, 11) is 1.79. The van der Waals surface area contributed by atoms with E-state index in [0.29, 0.717) is 5.02 Å². The van der Waals surface area contributed by atoms with Crippen LogP contribution >= 0.6 is 11.6 Å². The summed E-state index contributed by atoms with van der Waals surface area (Å²) in [6, 6.07) is 6.58. The van der Waals surface area contributed by atoms with Gasteiger partial charge in [-0.3, -0.25) is 15.0 Å². The number of likely N-dealkylation sites (N-methyl/N-ethyl adjacent to an activating group) is 1. The number of carbonyl (C=O) groups excluding carboxylic acids is 2. The van der Waals surface area contributed by atoms with Gasteiger partial charge in [-0.05, 0) is 31.7 Å². The Hall–Kier alpha value is -1.59. The van der Waals surface area contributed by atoms with Gasteiger partial charge in [0, 0.05) is 11.1 Å². The first kappa shape index (κ1) is 14.5. The zero-order chi connectivity index (χ0) is 13.7. The predicted molar refractivity (Wildman–Crippen MR) is 70.2 cm³/mol. The second-order valence-corrected chi connectivity index (χ2v) is 4.49. The standard InChI is InChI=1S/C12H16ClN3O2/c1-8(9-3-5-10(13)6-4-9)16(2)7-11(17)15-12(14)18/h3-6,8H,7H2,1-2H3,(H3,14,15,17,18). The van der Waals surface area contributed by atoms with Crippen molar-refractivity contribution in [2.45, 2.75) is 13.0 Å². The first-order valence-corrected chi connectivity index (χ1v) is 5.83. The summed E-state index contributed by atoms with van der Waals surface area (Å²) in [6.45, 7) is 2.05. The van der Waals surface area contributed by atoms with Crippen molar-refractivity contribution < 1.29 is 9.59 Å². The maximum Gasteiger partial charge on any atom is 0.318 e. The molecule has 0 heterocycles. The normalized spacial score (nSPS) is 12.2. The summed E-state index contributed by atoms with van der Waals surface area (Å²) in [5.41, 5.74) is 5.90. The third kappa shape index (κ3) is 4.35. The molecule has 0 aliphatic carbocycles. The summed E-state index contributed by atoms with van der Waals surface area (Å²) >= 11 is 5.81. The van der Waals surface area contributed by atoms with Crippen LogP contribution in [0.2, 0.25) is 5.02 Å². The first-order chi connectivity index (χ1) is 8.40. The molecular weight excluding hydrogens is 254 g/mol. The molecule has 0 saturated heterocycles. The Morgan fingerprint density at radius 2 is 1.94 bits per heavy atom. The van der Waals surface area contributed by atoms with Gasteiger partial charge in [0.25, 0.3) is 0 Å². The number of halogens is 1. The summed E-state index contributed by atoms with van der Waals surface area (Å²) in [5, 5.41) is 2.69. The van der Waals surface area contributed by atoms with E-state index in [1.807, 2.05) is 29.3 Å². The van der Waals surface area contributed by atoms with Gasteiger partial charge in [0.15, 0.2) is 0 Å². The average Bonchev–Trinajstić information content (AvgIpc) is 2.27. The van der Waals surface area contributed by atoms with E-state index in [4.69, 9.17) is 17.3 Å². The highest BCUT2D eigenvalue weighted by atomic mass is 35.5. The molecule has 0 aliphatic heterocycles. The lowest BCUT2D eigenvalue weighted by atomic mass is 10.1. The minimum atomic E-state index is -0.840. The van der Waals surface area contributed by atoms with E-state index in [9.17, 15) is 9.59 Å². The Morgan fingerprint density at radius 3 is 2.44 bits per heavy atom. The number of hydrogen-bond donors (Lipinski definition) is 2. The van der Waals surface area contributed by atoms with Crippen molar-refractivity contribution in [2.24, 2.45) is 5.73 Å². The molecule has 0 aromatic heterocycles. The summed E-state index contributed by atoms with van der Waals surface area (Å²) in [5.74, 6) is -0.425. The molecule has 1 atom stereocenters. The molecule has 0 fully saturated rings. The van der Waals surface area contributed by atoms with Gasteiger partial charge >= 0.3 is 6.03 Å². The van der Waals surface area contributed by atoms with Crippen LogP contribution in [-0.2, 0) is 4.79 Å². The summed E-state index contributed by atoms with van der Waals surface area (Å²) in [4.78, 5) is 23.7. The zero-order valence-electron chi connectivity index (χ0n) is 10.3. The van der Waals surface area contributed by atoms with E-state index in [2.05, 4.69) is 0 Å². The number of hydrogen-bond acceptors (Lipinski definition) is 3. The molecular formula is C12H16ClN3O2. The van der Waals surface area contributed by atoms with E-state index in [0.717, 1.165) is 5.56 Å². The van der Waals surface area contributed by atoms with Gasteiger partial charge in [-0.15, -0.1) is 0 Å². The van der Waals surface area contributed by atoms with Gasteiger partial charge in [0.05, 0.1) is 6.54 Å². The number of amides is 3. The minimum Gasteiger partial charge on any atom is -0.351 e. The highest BCUT2D eigenvalue weighted by Gasteiger charge is 2.15. The lowest BCUT2D eigenvalue weighted by Gasteiger charge is -2.24. The molecule has 0 saturated carbocycles. The molecule has 0 aliphatic rings. The van der Waals surface area contributed by atoms with Crippen molar-refractivity contribution in [3.05, 3.63) is 34.9 Å². The first-order valence-electron chi connectivity index (χ1n) is 5.45. The number of nitrogens with one attached hydrogen (secondary N) is 1. The largest absolute Gasteiger partial charge is 0.351 e. The number of nitrogens with two attached hydrogens (primary N) is 1.